The van der Waals surface area contributed by atoms with Gasteiger partial charge in [-0.15, -0.1) is 0 Å². The van der Waals surface area contributed by atoms with Crippen LogP contribution in [0.5, 0.6) is 0 Å². The van der Waals surface area contributed by atoms with E-state index < -0.39 is 6.10 Å². The molecule has 1 saturated heterocycles. The van der Waals surface area contributed by atoms with Crippen LogP contribution < -0.4 is 10.6 Å². The van der Waals surface area contributed by atoms with Crippen molar-refractivity contribution in [3.05, 3.63) is 0 Å². The number of piperidine rings is 1. The van der Waals surface area contributed by atoms with Crippen LogP contribution in [0.1, 0.15) is 52.4 Å². The third-order valence-corrected chi connectivity index (χ3v) is 5.34. The van der Waals surface area contributed by atoms with Crippen molar-refractivity contribution in [2.24, 2.45) is 11.8 Å². The van der Waals surface area contributed by atoms with Gasteiger partial charge in [0, 0.05) is 18.4 Å². The van der Waals surface area contributed by atoms with Gasteiger partial charge in [0.15, 0.2) is 0 Å². The molecule has 0 aromatic rings. The monoisotopic (exact) mass is 339 g/mol. The van der Waals surface area contributed by atoms with E-state index in [1.807, 2.05) is 13.8 Å². The Morgan fingerprint density at radius 1 is 1.17 bits per heavy atom. The molecule has 138 valence electrons. The lowest BCUT2D eigenvalue weighted by molar-refractivity contribution is -0.125. The van der Waals surface area contributed by atoms with Gasteiger partial charge in [0.1, 0.15) is 0 Å². The van der Waals surface area contributed by atoms with Crippen LogP contribution in [0.15, 0.2) is 0 Å². The number of rotatable bonds is 6. The number of carbonyl (C=O) groups is 2. The second kappa shape index (κ2) is 8.81. The number of carbonyl (C=O) groups excluding carboxylic acids is 2. The maximum Gasteiger partial charge on any atom is 0.222 e. The first-order chi connectivity index (χ1) is 11.3. The SMILES string of the molecule is CC(C)C(=O)NC1CC(CCC(=O)NC2CCN(C)CC2)CC1O. The third kappa shape index (κ3) is 5.74. The van der Waals surface area contributed by atoms with E-state index in [0.29, 0.717) is 24.8 Å². The highest BCUT2D eigenvalue weighted by molar-refractivity contribution is 5.78. The molecular weight excluding hydrogens is 306 g/mol. The molecule has 2 aliphatic rings. The number of amides is 2. The molecule has 0 spiro atoms. The smallest absolute Gasteiger partial charge is 0.222 e. The van der Waals surface area contributed by atoms with E-state index in [0.717, 1.165) is 38.8 Å². The van der Waals surface area contributed by atoms with Gasteiger partial charge in [-0.1, -0.05) is 13.8 Å². The van der Waals surface area contributed by atoms with Gasteiger partial charge in [-0.2, -0.15) is 0 Å². The molecule has 3 unspecified atom stereocenters. The zero-order chi connectivity index (χ0) is 17.7. The van der Waals surface area contributed by atoms with Crippen LogP contribution in [0.25, 0.3) is 0 Å². The Balaban J connectivity index is 1.67. The Morgan fingerprint density at radius 3 is 2.46 bits per heavy atom. The number of nitrogens with zero attached hydrogens (tertiary/aromatic N) is 1. The van der Waals surface area contributed by atoms with Gasteiger partial charge in [-0.25, -0.2) is 0 Å². The summed E-state index contributed by atoms with van der Waals surface area (Å²) in [6, 6.07) is 0.141. The second-order valence-electron chi connectivity index (χ2n) is 7.86. The molecule has 0 bridgehead atoms. The third-order valence-electron chi connectivity index (χ3n) is 5.34. The van der Waals surface area contributed by atoms with Crippen LogP contribution in [0.2, 0.25) is 0 Å². The molecule has 2 amide bonds. The van der Waals surface area contributed by atoms with Gasteiger partial charge in [0.05, 0.1) is 12.1 Å². The molecule has 0 aromatic carbocycles. The molecule has 1 aliphatic heterocycles. The normalized spacial score (nSPS) is 29.0. The molecule has 2 rings (SSSR count). The first kappa shape index (κ1) is 19.2. The number of hydrogen-bond acceptors (Lipinski definition) is 4. The van der Waals surface area contributed by atoms with Crippen molar-refractivity contribution in [1.82, 2.24) is 15.5 Å². The van der Waals surface area contributed by atoms with Crippen molar-refractivity contribution in [3.8, 4) is 0 Å². The quantitative estimate of drug-likeness (QED) is 0.671. The van der Waals surface area contributed by atoms with Crippen molar-refractivity contribution >= 4 is 11.8 Å². The summed E-state index contributed by atoms with van der Waals surface area (Å²) >= 11 is 0. The average molecular weight is 339 g/mol. The van der Waals surface area contributed by atoms with Crippen LogP contribution >= 0.6 is 0 Å². The highest BCUT2D eigenvalue weighted by Crippen LogP contribution is 2.30. The van der Waals surface area contributed by atoms with Gasteiger partial charge in [-0.3, -0.25) is 9.59 Å². The molecule has 6 nitrogen and oxygen atoms in total. The molecule has 6 heteroatoms. The molecule has 1 saturated carbocycles. The van der Waals surface area contributed by atoms with E-state index in [9.17, 15) is 14.7 Å². The van der Waals surface area contributed by atoms with Crippen molar-refractivity contribution in [1.29, 1.82) is 0 Å². The molecule has 3 atom stereocenters. The predicted octanol–water partition coefficient (Wildman–Crippen LogP) is 0.889. The molecule has 1 aliphatic carbocycles. The molecular formula is C18H33N3O3. The number of nitrogens with one attached hydrogen (secondary N) is 2. The van der Waals surface area contributed by atoms with Gasteiger partial charge in [-0.05, 0) is 58.2 Å². The van der Waals surface area contributed by atoms with Crippen LogP contribution in [-0.4, -0.2) is 60.1 Å². The summed E-state index contributed by atoms with van der Waals surface area (Å²) in [4.78, 5) is 26.2. The largest absolute Gasteiger partial charge is 0.391 e. The summed E-state index contributed by atoms with van der Waals surface area (Å²) in [5.74, 6) is 0.339. The van der Waals surface area contributed by atoms with Crippen molar-refractivity contribution < 1.29 is 14.7 Å². The van der Waals surface area contributed by atoms with Gasteiger partial charge >= 0.3 is 0 Å². The van der Waals surface area contributed by atoms with Crippen LogP contribution in [0.3, 0.4) is 0 Å². The summed E-state index contributed by atoms with van der Waals surface area (Å²) in [5, 5.41) is 16.2. The minimum atomic E-state index is -0.491. The van der Waals surface area contributed by atoms with Crippen LogP contribution in [0.4, 0.5) is 0 Å². The van der Waals surface area contributed by atoms with E-state index >= 15 is 0 Å². The molecule has 1 heterocycles. The standard InChI is InChI=1S/C18H33N3O3/c1-12(2)18(24)20-15-10-13(11-16(15)22)4-5-17(23)19-14-6-8-21(3)9-7-14/h12-16,22H,4-11H2,1-3H3,(H,19,23)(H,20,24). The van der Waals surface area contributed by atoms with E-state index in [1.165, 1.54) is 0 Å². The van der Waals surface area contributed by atoms with Crippen molar-refractivity contribution in [2.75, 3.05) is 20.1 Å². The minimum Gasteiger partial charge on any atom is -0.391 e. The first-order valence-corrected chi connectivity index (χ1v) is 9.31. The lowest BCUT2D eigenvalue weighted by Crippen LogP contribution is -2.43. The zero-order valence-corrected chi connectivity index (χ0v) is 15.3. The van der Waals surface area contributed by atoms with Gasteiger partial charge in [0.2, 0.25) is 11.8 Å². The van der Waals surface area contributed by atoms with Crippen LogP contribution in [-0.2, 0) is 9.59 Å². The summed E-state index contributed by atoms with van der Waals surface area (Å²) in [7, 11) is 2.11. The Labute approximate surface area is 145 Å². The maximum atomic E-state index is 12.1. The van der Waals surface area contributed by atoms with Gasteiger partial charge < -0.3 is 20.6 Å². The number of likely N-dealkylation sites (tertiary alicyclic amines) is 1. The van der Waals surface area contributed by atoms with Crippen molar-refractivity contribution in [3.63, 3.8) is 0 Å². The highest BCUT2D eigenvalue weighted by atomic mass is 16.3. The highest BCUT2D eigenvalue weighted by Gasteiger charge is 2.34. The second-order valence-corrected chi connectivity index (χ2v) is 7.86. The Kier molecular flexibility index (Phi) is 7.04. The summed E-state index contributed by atoms with van der Waals surface area (Å²) in [5.41, 5.74) is 0. The van der Waals surface area contributed by atoms with Crippen LogP contribution in [0, 0.1) is 11.8 Å². The molecule has 3 N–H and O–H groups in total. The molecule has 0 radical (unpaired) electrons. The fraction of sp³-hybridized carbons (Fsp3) is 0.889. The average Bonchev–Trinajstić information content (AvgIpc) is 2.87. The number of hydrogen-bond donors (Lipinski definition) is 3. The Hall–Kier alpha value is -1.14. The number of aliphatic hydroxyl groups excluding tert-OH is 1. The molecule has 0 aromatic heterocycles. The molecule has 24 heavy (non-hydrogen) atoms. The first-order valence-electron chi connectivity index (χ1n) is 9.31. The van der Waals surface area contributed by atoms with Gasteiger partial charge in [0.25, 0.3) is 0 Å². The van der Waals surface area contributed by atoms with E-state index in [1.54, 1.807) is 0 Å². The lowest BCUT2D eigenvalue weighted by atomic mass is 10.00. The Morgan fingerprint density at radius 2 is 1.83 bits per heavy atom. The summed E-state index contributed by atoms with van der Waals surface area (Å²) in [6.45, 7) is 5.77. The van der Waals surface area contributed by atoms with E-state index in [2.05, 4.69) is 22.6 Å². The summed E-state index contributed by atoms with van der Waals surface area (Å²) < 4.78 is 0. The van der Waals surface area contributed by atoms with Crippen molar-refractivity contribution in [2.45, 2.75) is 70.6 Å². The fourth-order valence-electron chi connectivity index (χ4n) is 3.65. The lowest BCUT2D eigenvalue weighted by Gasteiger charge is -2.29. The van der Waals surface area contributed by atoms with E-state index in [4.69, 9.17) is 0 Å². The Bertz CT molecular complexity index is 433. The minimum absolute atomic E-state index is 0.0142. The zero-order valence-electron chi connectivity index (χ0n) is 15.3. The predicted molar refractivity (Wildman–Crippen MR) is 93.4 cm³/mol. The van der Waals surface area contributed by atoms with E-state index in [-0.39, 0.29) is 23.8 Å². The topological polar surface area (TPSA) is 81.7 Å². The number of aliphatic hydroxyl groups is 1. The fourth-order valence-corrected chi connectivity index (χ4v) is 3.65. The summed E-state index contributed by atoms with van der Waals surface area (Å²) in [6.07, 6.45) is 4.28. The maximum absolute atomic E-state index is 12.1. The molecule has 2 fully saturated rings.